The fourth-order valence-electron chi connectivity index (χ4n) is 5.00. The van der Waals surface area contributed by atoms with E-state index in [1.165, 1.54) is 39.5 Å². The highest BCUT2D eigenvalue weighted by atomic mass is 32.2. The van der Waals surface area contributed by atoms with Crippen LogP contribution in [0, 0.1) is 17.6 Å². The van der Waals surface area contributed by atoms with E-state index in [-0.39, 0.29) is 49.2 Å². The van der Waals surface area contributed by atoms with Crippen LogP contribution < -0.4 is 10.2 Å². The van der Waals surface area contributed by atoms with Gasteiger partial charge in [-0.15, -0.1) is 0 Å². The van der Waals surface area contributed by atoms with E-state index in [2.05, 4.69) is 5.32 Å². The lowest BCUT2D eigenvalue weighted by Gasteiger charge is -2.31. The molecule has 45 heavy (non-hydrogen) atoms. The van der Waals surface area contributed by atoms with Crippen molar-refractivity contribution < 1.29 is 42.0 Å². The van der Waals surface area contributed by atoms with Crippen LogP contribution in [0.2, 0.25) is 0 Å². The standard InChI is InChI=1S/C32H39F2N3O7S/c1-3-21(2)17-36(45(42,43)25-12-9-23(20-38)10-13-25)18-29(39)28(15-22-7-5-4-6-8-22)35-31(40)30-19-37(32(41)44-30)24-11-14-26(33)27(34)16-24/h4-14,16,21,28-30,32,38-39,41H,3,15,17-20H2,1-2H3,(H,35,40)/t21-,28-,29+,30-,32?/m0/s1. The van der Waals surface area contributed by atoms with Crippen molar-refractivity contribution in [3.8, 4) is 0 Å². The van der Waals surface area contributed by atoms with Crippen molar-refractivity contribution >= 4 is 21.6 Å². The lowest BCUT2D eigenvalue weighted by atomic mass is 10.0. The molecule has 0 aliphatic carbocycles. The van der Waals surface area contributed by atoms with Crippen LogP contribution in [0.3, 0.4) is 0 Å². The molecule has 1 aliphatic heterocycles. The van der Waals surface area contributed by atoms with Gasteiger partial charge in [-0.05, 0) is 47.7 Å². The number of hydrogen-bond donors (Lipinski definition) is 4. The summed E-state index contributed by atoms with van der Waals surface area (Å²) in [5.74, 6) is -2.91. The number of anilines is 1. The van der Waals surface area contributed by atoms with Crippen LogP contribution in [0.5, 0.6) is 0 Å². The van der Waals surface area contributed by atoms with Gasteiger partial charge in [-0.3, -0.25) is 4.79 Å². The number of hydrogen-bond acceptors (Lipinski definition) is 8. The molecule has 4 rings (SSSR count). The molecule has 13 heteroatoms. The van der Waals surface area contributed by atoms with Gasteiger partial charge in [-0.1, -0.05) is 62.7 Å². The van der Waals surface area contributed by atoms with Gasteiger partial charge in [0.2, 0.25) is 16.4 Å². The SMILES string of the molecule is CC[C@H](C)CN(C[C@@H](O)[C@H](Cc1ccccc1)NC(=O)[C@@H]1CN(c2ccc(F)c(F)c2)C(O)O1)S(=O)(=O)c1ccc(CO)cc1. The molecule has 244 valence electrons. The molecule has 0 radical (unpaired) electrons. The predicted octanol–water partition coefficient (Wildman–Crippen LogP) is 2.76. The molecule has 4 N–H and O–H groups in total. The Kier molecular flexibility index (Phi) is 11.6. The molecular weight excluding hydrogens is 608 g/mol. The van der Waals surface area contributed by atoms with E-state index in [1.54, 1.807) is 12.1 Å². The molecule has 1 fully saturated rings. The first-order valence-corrected chi connectivity index (χ1v) is 16.1. The number of rotatable bonds is 14. The summed E-state index contributed by atoms with van der Waals surface area (Å²) in [5.41, 5.74) is 1.43. The molecule has 1 heterocycles. The maximum atomic E-state index is 13.8. The van der Waals surface area contributed by atoms with Crippen LogP contribution in [0.25, 0.3) is 0 Å². The summed E-state index contributed by atoms with van der Waals surface area (Å²) >= 11 is 0. The molecule has 3 aromatic carbocycles. The summed E-state index contributed by atoms with van der Waals surface area (Å²) < 4.78 is 61.4. The molecule has 0 aromatic heterocycles. The van der Waals surface area contributed by atoms with Crippen LogP contribution in [0.1, 0.15) is 31.4 Å². The van der Waals surface area contributed by atoms with Gasteiger partial charge in [0, 0.05) is 24.8 Å². The van der Waals surface area contributed by atoms with Gasteiger partial charge in [0.05, 0.1) is 30.2 Å². The zero-order valence-electron chi connectivity index (χ0n) is 25.1. The Morgan fingerprint density at radius 2 is 1.73 bits per heavy atom. The highest BCUT2D eigenvalue weighted by molar-refractivity contribution is 7.89. The molecular formula is C32H39F2N3O7S. The minimum absolute atomic E-state index is 0.00418. The average Bonchev–Trinajstić information content (AvgIpc) is 3.43. The molecule has 0 saturated carbocycles. The largest absolute Gasteiger partial charge is 0.392 e. The summed E-state index contributed by atoms with van der Waals surface area (Å²) in [6.07, 6.45) is -3.37. The summed E-state index contributed by atoms with van der Waals surface area (Å²) in [4.78, 5) is 14.6. The summed E-state index contributed by atoms with van der Waals surface area (Å²) in [6.45, 7) is 3.18. The van der Waals surface area contributed by atoms with E-state index < -0.39 is 52.2 Å². The van der Waals surface area contributed by atoms with Crippen molar-refractivity contribution in [1.29, 1.82) is 0 Å². The van der Waals surface area contributed by atoms with E-state index in [0.717, 1.165) is 17.7 Å². The smallest absolute Gasteiger partial charge is 0.251 e. The Hall–Kier alpha value is -3.46. The number of carbonyl (C=O) groups excluding carboxylic acids is 1. The summed E-state index contributed by atoms with van der Waals surface area (Å²) in [6, 6.07) is 16.9. The van der Waals surface area contributed by atoms with Gasteiger partial charge in [-0.2, -0.15) is 4.31 Å². The zero-order chi connectivity index (χ0) is 32.7. The summed E-state index contributed by atoms with van der Waals surface area (Å²) in [5, 5.41) is 34.1. The Morgan fingerprint density at radius 3 is 2.36 bits per heavy atom. The lowest BCUT2D eigenvalue weighted by molar-refractivity contribution is -0.143. The third kappa shape index (κ3) is 8.63. The first-order valence-electron chi connectivity index (χ1n) is 14.7. The van der Waals surface area contributed by atoms with Gasteiger partial charge < -0.3 is 30.3 Å². The van der Waals surface area contributed by atoms with Crippen LogP contribution in [-0.4, -0.2) is 78.2 Å². The van der Waals surface area contributed by atoms with Crippen molar-refractivity contribution in [1.82, 2.24) is 9.62 Å². The third-order valence-corrected chi connectivity index (χ3v) is 9.73. The second-order valence-electron chi connectivity index (χ2n) is 11.2. The number of sulfonamides is 1. The second-order valence-corrected chi connectivity index (χ2v) is 13.1. The fourth-order valence-corrected chi connectivity index (χ4v) is 6.58. The van der Waals surface area contributed by atoms with E-state index in [1.807, 2.05) is 32.0 Å². The van der Waals surface area contributed by atoms with Crippen molar-refractivity contribution in [2.24, 2.45) is 5.92 Å². The van der Waals surface area contributed by atoms with Gasteiger partial charge in [0.15, 0.2) is 17.7 Å². The number of amides is 1. The van der Waals surface area contributed by atoms with Crippen molar-refractivity contribution in [3.05, 3.63) is 95.6 Å². The molecule has 1 amide bonds. The average molecular weight is 648 g/mol. The maximum absolute atomic E-state index is 13.8. The van der Waals surface area contributed by atoms with Gasteiger partial charge >= 0.3 is 0 Å². The highest BCUT2D eigenvalue weighted by Gasteiger charge is 2.39. The number of halogens is 2. The first-order chi connectivity index (χ1) is 21.4. The van der Waals surface area contributed by atoms with E-state index in [9.17, 15) is 37.3 Å². The number of nitrogens with one attached hydrogen (secondary N) is 1. The Balaban J connectivity index is 1.56. The quantitative estimate of drug-likeness (QED) is 0.210. The van der Waals surface area contributed by atoms with E-state index in [0.29, 0.717) is 12.0 Å². The normalized spacial score (nSPS) is 19.0. The van der Waals surface area contributed by atoms with Crippen LogP contribution in [0.15, 0.2) is 77.7 Å². The molecule has 1 unspecified atom stereocenters. The molecule has 1 aliphatic rings. The van der Waals surface area contributed by atoms with Gasteiger partial charge in [-0.25, -0.2) is 17.2 Å². The predicted molar refractivity (Wildman–Crippen MR) is 163 cm³/mol. The van der Waals surface area contributed by atoms with Crippen molar-refractivity contribution in [2.45, 2.75) is 62.9 Å². The Bertz CT molecular complexity index is 1530. The molecule has 3 aromatic rings. The van der Waals surface area contributed by atoms with Crippen LogP contribution in [-0.2, 0) is 32.6 Å². The van der Waals surface area contributed by atoms with Crippen molar-refractivity contribution in [2.75, 3.05) is 24.5 Å². The van der Waals surface area contributed by atoms with E-state index in [4.69, 9.17) is 4.74 Å². The minimum Gasteiger partial charge on any atom is -0.392 e. The zero-order valence-corrected chi connectivity index (χ0v) is 25.9. The second kappa shape index (κ2) is 15.2. The minimum atomic E-state index is -4.07. The van der Waals surface area contributed by atoms with Crippen molar-refractivity contribution in [3.63, 3.8) is 0 Å². The topological polar surface area (TPSA) is 140 Å². The maximum Gasteiger partial charge on any atom is 0.251 e. The monoisotopic (exact) mass is 647 g/mol. The highest BCUT2D eigenvalue weighted by Crippen LogP contribution is 2.26. The molecule has 10 nitrogen and oxygen atoms in total. The van der Waals surface area contributed by atoms with Gasteiger partial charge in [0.25, 0.3) is 5.91 Å². The molecule has 0 bridgehead atoms. The molecule has 1 saturated heterocycles. The lowest BCUT2D eigenvalue weighted by Crippen LogP contribution is -2.53. The number of aliphatic hydroxyl groups is 3. The Labute approximate surface area is 261 Å². The van der Waals surface area contributed by atoms with Gasteiger partial charge in [0.1, 0.15) is 0 Å². The first kappa shape index (κ1) is 34.4. The molecule has 0 spiro atoms. The number of benzene rings is 3. The van der Waals surface area contributed by atoms with Crippen LogP contribution >= 0.6 is 0 Å². The third-order valence-electron chi connectivity index (χ3n) is 7.88. The number of ether oxygens (including phenoxy) is 1. The number of nitrogens with zero attached hydrogens (tertiary/aromatic N) is 2. The van der Waals surface area contributed by atoms with E-state index >= 15 is 0 Å². The number of carbonyl (C=O) groups is 1. The molecule has 5 atom stereocenters. The van der Waals surface area contributed by atoms with Crippen LogP contribution in [0.4, 0.5) is 14.5 Å². The number of aliphatic hydroxyl groups excluding tert-OH is 3. The Morgan fingerprint density at radius 1 is 1.04 bits per heavy atom. The fraction of sp³-hybridized carbons (Fsp3) is 0.406. The summed E-state index contributed by atoms with van der Waals surface area (Å²) in [7, 11) is -4.07.